The van der Waals surface area contributed by atoms with Gasteiger partial charge in [0.05, 0.1) is 6.61 Å². The van der Waals surface area contributed by atoms with Gasteiger partial charge in [0.15, 0.2) is 0 Å². The Morgan fingerprint density at radius 3 is 2.70 bits per heavy atom. The van der Waals surface area contributed by atoms with Crippen LogP contribution in [0.2, 0.25) is 0 Å². The molecule has 2 fully saturated rings. The highest BCUT2D eigenvalue weighted by Crippen LogP contribution is 2.34. The normalized spacial score (nSPS) is 21.6. The van der Waals surface area contributed by atoms with E-state index >= 15 is 0 Å². The highest BCUT2D eigenvalue weighted by atomic mass is 79.9. The molecule has 128 valence electrons. The van der Waals surface area contributed by atoms with E-state index in [2.05, 4.69) is 38.3 Å². The van der Waals surface area contributed by atoms with Crippen LogP contribution in [-0.4, -0.2) is 37.2 Å². The molecule has 23 heavy (non-hydrogen) atoms. The number of likely N-dealkylation sites (tertiary alicyclic amines) is 1. The standard InChI is InChI=1S/C18H25BrN2O.ClH/c19-16-9-14-5-8-22-18(14)15(10-16)12-21-6-3-17(4-7-21)20-11-13-1-2-13;/h9-10,13,17,20H,1-8,11-12H2;1H. The Labute approximate surface area is 153 Å². The number of rotatable bonds is 5. The second kappa shape index (κ2) is 7.73. The quantitative estimate of drug-likeness (QED) is 0.813. The number of ether oxygens (including phenoxy) is 1. The molecule has 0 aromatic heterocycles. The van der Waals surface area contributed by atoms with Gasteiger partial charge in [0.2, 0.25) is 0 Å². The van der Waals surface area contributed by atoms with Crippen LogP contribution < -0.4 is 10.1 Å². The zero-order valence-corrected chi connectivity index (χ0v) is 15.9. The lowest BCUT2D eigenvalue weighted by Gasteiger charge is -2.32. The Morgan fingerprint density at radius 1 is 1.17 bits per heavy atom. The minimum Gasteiger partial charge on any atom is -0.493 e. The summed E-state index contributed by atoms with van der Waals surface area (Å²) in [6, 6.07) is 5.18. The van der Waals surface area contributed by atoms with E-state index in [0.29, 0.717) is 0 Å². The molecule has 2 aliphatic heterocycles. The van der Waals surface area contributed by atoms with Gasteiger partial charge in [-0.05, 0) is 68.9 Å². The first-order valence-corrected chi connectivity index (χ1v) is 9.47. The van der Waals surface area contributed by atoms with Crippen molar-refractivity contribution in [2.45, 2.75) is 44.7 Å². The summed E-state index contributed by atoms with van der Waals surface area (Å²) >= 11 is 3.65. The van der Waals surface area contributed by atoms with Gasteiger partial charge in [-0.3, -0.25) is 4.90 Å². The van der Waals surface area contributed by atoms with Crippen molar-refractivity contribution in [1.82, 2.24) is 10.2 Å². The molecule has 1 saturated carbocycles. The third kappa shape index (κ3) is 4.41. The molecule has 4 rings (SSSR count). The topological polar surface area (TPSA) is 24.5 Å². The lowest BCUT2D eigenvalue weighted by Crippen LogP contribution is -2.42. The van der Waals surface area contributed by atoms with Gasteiger partial charge in [-0.2, -0.15) is 0 Å². The zero-order valence-electron chi connectivity index (χ0n) is 13.5. The average molecular weight is 402 g/mol. The molecule has 1 aromatic rings. The van der Waals surface area contributed by atoms with Crippen LogP contribution in [0.25, 0.3) is 0 Å². The van der Waals surface area contributed by atoms with Gasteiger partial charge in [-0.15, -0.1) is 12.4 Å². The van der Waals surface area contributed by atoms with Crippen molar-refractivity contribution in [2.75, 3.05) is 26.2 Å². The van der Waals surface area contributed by atoms with E-state index in [1.54, 1.807) is 0 Å². The van der Waals surface area contributed by atoms with E-state index in [1.165, 1.54) is 60.9 Å². The second-order valence-electron chi connectivity index (χ2n) is 7.05. The van der Waals surface area contributed by atoms with Gasteiger partial charge in [0.1, 0.15) is 5.75 Å². The number of fused-ring (bicyclic) bond motifs is 1. The van der Waals surface area contributed by atoms with Crippen LogP contribution in [0.3, 0.4) is 0 Å². The average Bonchev–Trinajstić information content (AvgIpc) is 3.23. The summed E-state index contributed by atoms with van der Waals surface area (Å²) in [5.41, 5.74) is 2.72. The lowest BCUT2D eigenvalue weighted by atomic mass is 10.0. The summed E-state index contributed by atoms with van der Waals surface area (Å²) in [5, 5.41) is 3.76. The van der Waals surface area contributed by atoms with Crippen LogP contribution in [0, 0.1) is 5.92 Å². The van der Waals surface area contributed by atoms with Crippen LogP contribution in [0.5, 0.6) is 5.75 Å². The molecule has 0 radical (unpaired) electrons. The van der Waals surface area contributed by atoms with Crippen molar-refractivity contribution >= 4 is 28.3 Å². The predicted octanol–water partition coefficient (Wildman–Crippen LogP) is 3.77. The first kappa shape index (κ1) is 17.5. The molecule has 5 heteroatoms. The van der Waals surface area contributed by atoms with E-state index in [9.17, 15) is 0 Å². The first-order chi connectivity index (χ1) is 10.8. The molecule has 1 aliphatic carbocycles. The molecule has 0 bridgehead atoms. The SMILES string of the molecule is Brc1cc2c(c(CN3CCC(NCC4CC4)CC3)c1)OCC2.Cl. The Kier molecular flexibility index (Phi) is 5.89. The monoisotopic (exact) mass is 400 g/mol. The highest BCUT2D eigenvalue weighted by Gasteiger charge is 2.25. The first-order valence-electron chi connectivity index (χ1n) is 8.68. The maximum atomic E-state index is 5.86. The summed E-state index contributed by atoms with van der Waals surface area (Å²) in [6.45, 7) is 5.51. The van der Waals surface area contributed by atoms with Gasteiger partial charge in [0, 0.05) is 29.0 Å². The molecule has 0 atom stereocenters. The van der Waals surface area contributed by atoms with Gasteiger partial charge in [-0.25, -0.2) is 0 Å². The van der Waals surface area contributed by atoms with Gasteiger partial charge in [0.25, 0.3) is 0 Å². The number of nitrogens with one attached hydrogen (secondary N) is 1. The third-order valence-corrected chi connectivity index (χ3v) is 5.66. The fourth-order valence-electron chi connectivity index (χ4n) is 3.65. The van der Waals surface area contributed by atoms with E-state index in [4.69, 9.17) is 4.74 Å². The largest absolute Gasteiger partial charge is 0.493 e. The summed E-state index contributed by atoms with van der Waals surface area (Å²) in [6.07, 6.45) is 6.50. The van der Waals surface area contributed by atoms with E-state index in [-0.39, 0.29) is 12.4 Å². The minimum atomic E-state index is 0. The fraction of sp³-hybridized carbons (Fsp3) is 0.667. The number of hydrogen-bond acceptors (Lipinski definition) is 3. The van der Waals surface area contributed by atoms with Crippen molar-refractivity contribution in [3.05, 3.63) is 27.7 Å². The summed E-state index contributed by atoms with van der Waals surface area (Å²) in [7, 11) is 0. The molecule has 2 heterocycles. The molecular formula is C18H26BrClN2O. The molecular weight excluding hydrogens is 376 g/mol. The Balaban J connectivity index is 0.00000156. The number of hydrogen-bond donors (Lipinski definition) is 1. The van der Waals surface area contributed by atoms with Gasteiger partial charge >= 0.3 is 0 Å². The Morgan fingerprint density at radius 2 is 1.96 bits per heavy atom. The number of halogens is 2. The summed E-state index contributed by atoms with van der Waals surface area (Å²) < 4.78 is 7.05. The minimum absolute atomic E-state index is 0. The van der Waals surface area contributed by atoms with Gasteiger partial charge in [-0.1, -0.05) is 15.9 Å². The molecule has 0 unspecified atom stereocenters. The molecule has 1 saturated heterocycles. The van der Waals surface area contributed by atoms with E-state index in [1.807, 2.05) is 0 Å². The zero-order chi connectivity index (χ0) is 14.9. The molecule has 3 nitrogen and oxygen atoms in total. The Hall–Kier alpha value is -0.290. The fourth-order valence-corrected chi connectivity index (χ4v) is 4.21. The molecule has 3 aliphatic rings. The van der Waals surface area contributed by atoms with Crippen LogP contribution in [0.1, 0.15) is 36.8 Å². The van der Waals surface area contributed by atoms with Crippen molar-refractivity contribution in [3.8, 4) is 5.75 Å². The van der Waals surface area contributed by atoms with E-state index in [0.717, 1.165) is 37.3 Å². The number of piperidine rings is 1. The maximum absolute atomic E-state index is 5.86. The molecule has 1 aromatic carbocycles. The van der Waals surface area contributed by atoms with Gasteiger partial charge < -0.3 is 10.1 Å². The van der Waals surface area contributed by atoms with Crippen molar-refractivity contribution < 1.29 is 4.74 Å². The van der Waals surface area contributed by atoms with Crippen LogP contribution in [-0.2, 0) is 13.0 Å². The molecule has 1 N–H and O–H groups in total. The second-order valence-corrected chi connectivity index (χ2v) is 7.97. The van der Waals surface area contributed by atoms with Crippen molar-refractivity contribution in [1.29, 1.82) is 0 Å². The Bertz CT molecular complexity index is 542. The van der Waals surface area contributed by atoms with Crippen LogP contribution in [0.4, 0.5) is 0 Å². The van der Waals surface area contributed by atoms with E-state index < -0.39 is 0 Å². The summed E-state index contributed by atoms with van der Waals surface area (Å²) in [4.78, 5) is 2.58. The van der Waals surface area contributed by atoms with Crippen molar-refractivity contribution in [3.63, 3.8) is 0 Å². The third-order valence-electron chi connectivity index (χ3n) is 5.20. The molecule has 0 spiro atoms. The molecule has 0 amide bonds. The van der Waals surface area contributed by atoms with Crippen LogP contribution in [0.15, 0.2) is 16.6 Å². The maximum Gasteiger partial charge on any atom is 0.127 e. The lowest BCUT2D eigenvalue weighted by molar-refractivity contribution is 0.188. The number of benzene rings is 1. The smallest absolute Gasteiger partial charge is 0.127 e. The predicted molar refractivity (Wildman–Crippen MR) is 99.6 cm³/mol. The number of nitrogens with zero attached hydrogens (tertiary/aromatic N) is 1. The van der Waals surface area contributed by atoms with Crippen LogP contribution >= 0.6 is 28.3 Å². The summed E-state index contributed by atoms with van der Waals surface area (Å²) in [5.74, 6) is 2.14. The van der Waals surface area contributed by atoms with Crippen molar-refractivity contribution in [2.24, 2.45) is 5.92 Å². The highest BCUT2D eigenvalue weighted by molar-refractivity contribution is 9.10.